The van der Waals surface area contributed by atoms with Crippen molar-refractivity contribution in [3.8, 4) is 0 Å². The smallest absolute Gasteiger partial charge is 0.166 e. The number of H-pyrrole nitrogens is 1. The Kier molecular flexibility index (Phi) is 4.33. The molecule has 3 rings (SSSR count). The highest BCUT2D eigenvalue weighted by molar-refractivity contribution is 8.02. The van der Waals surface area contributed by atoms with Crippen LogP contribution in [0.5, 0.6) is 0 Å². The van der Waals surface area contributed by atoms with Crippen molar-refractivity contribution in [1.82, 2.24) is 9.97 Å². The topological polar surface area (TPSA) is 28.7 Å². The molecule has 3 aromatic rings. The van der Waals surface area contributed by atoms with Crippen LogP contribution >= 0.6 is 23.5 Å². The summed E-state index contributed by atoms with van der Waals surface area (Å²) >= 11 is 3.67. The van der Waals surface area contributed by atoms with E-state index in [4.69, 9.17) is 0 Å². The van der Waals surface area contributed by atoms with Crippen molar-refractivity contribution in [2.75, 3.05) is 11.5 Å². The van der Waals surface area contributed by atoms with Crippen LogP contribution in [0.15, 0.2) is 58.6 Å². The Morgan fingerprint density at radius 3 is 2.50 bits per heavy atom. The van der Waals surface area contributed by atoms with Gasteiger partial charge in [-0.3, -0.25) is 0 Å². The number of fused-ring (bicyclic) bond motifs is 1. The minimum atomic E-state index is 1.01. The molecule has 4 heteroatoms. The summed E-state index contributed by atoms with van der Waals surface area (Å²) in [4.78, 5) is 9.25. The van der Waals surface area contributed by atoms with Crippen LogP contribution in [-0.4, -0.2) is 21.5 Å². The molecule has 0 saturated heterocycles. The van der Waals surface area contributed by atoms with Gasteiger partial charge in [0.05, 0.1) is 11.0 Å². The summed E-state index contributed by atoms with van der Waals surface area (Å²) in [5.74, 6) is 2.14. The minimum absolute atomic E-state index is 1.01. The van der Waals surface area contributed by atoms with Gasteiger partial charge < -0.3 is 4.98 Å². The fraction of sp³-hybridized carbons (Fsp3) is 0.188. The van der Waals surface area contributed by atoms with Crippen molar-refractivity contribution in [1.29, 1.82) is 0 Å². The van der Waals surface area contributed by atoms with Gasteiger partial charge in [0.1, 0.15) is 0 Å². The van der Waals surface area contributed by atoms with Crippen molar-refractivity contribution in [3.63, 3.8) is 0 Å². The third-order valence-electron chi connectivity index (χ3n) is 2.98. The molecule has 0 aliphatic rings. The normalized spacial score (nSPS) is 11.1. The van der Waals surface area contributed by atoms with Crippen molar-refractivity contribution in [3.05, 3.63) is 54.1 Å². The lowest BCUT2D eigenvalue weighted by Crippen LogP contribution is -1.85. The van der Waals surface area contributed by atoms with E-state index in [0.29, 0.717) is 0 Å². The average molecular weight is 300 g/mol. The largest absolute Gasteiger partial charge is 0.333 e. The first kappa shape index (κ1) is 13.6. The maximum atomic E-state index is 4.57. The van der Waals surface area contributed by atoms with Gasteiger partial charge in [-0.2, -0.15) is 0 Å². The van der Waals surface area contributed by atoms with Crippen LogP contribution in [0, 0.1) is 6.92 Å². The Hall–Kier alpha value is -1.39. The van der Waals surface area contributed by atoms with E-state index in [0.717, 1.165) is 27.7 Å². The highest BCUT2D eigenvalue weighted by atomic mass is 32.2. The number of aryl methyl sites for hydroxylation is 1. The molecule has 0 saturated carbocycles. The van der Waals surface area contributed by atoms with E-state index in [9.17, 15) is 0 Å². The predicted molar refractivity (Wildman–Crippen MR) is 88.7 cm³/mol. The van der Waals surface area contributed by atoms with E-state index in [1.165, 1.54) is 10.5 Å². The number of rotatable bonds is 5. The van der Waals surface area contributed by atoms with E-state index in [2.05, 4.69) is 47.2 Å². The monoisotopic (exact) mass is 300 g/mol. The van der Waals surface area contributed by atoms with Gasteiger partial charge >= 0.3 is 0 Å². The van der Waals surface area contributed by atoms with Crippen LogP contribution in [0.1, 0.15) is 5.56 Å². The van der Waals surface area contributed by atoms with E-state index in [-0.39, 0.29) is 0 Å². The zero-order valence-corrected chi connectivity index (χ0v) is 12.9. The van der Waals surface area contributed by atoms with Gasteiger partial charge in [0.2, 0.25) is 0 Å². The number of hydrogen-bond donors (Lipinski definition) is 1. The zero-order chi connectivity index (χ0) is 13.8. The molecule has 1 N–H and O–H groups in total. The molecule has 2 aromatic carbocycles. The summed E-state index contributed by atoms with van der Waals surface area (Å²) in [6.07, 6.45) is 0. The first-order chi connectivity index (χ1) is 9.81. The van der Waals surface area contributed by atoms with Crippen LogP contribution in [0.2, 0.25) is 0 Å². The Morgan fingerprint density at radius 2 is 1.70 bits per heavy atom. The molecule has 2 nitrogen and oxygen atoms in total. The lowest BCUT2D eigenvalue weighted by Gasteiger charge is -2.01. The first-order valence-electron chi connectivity index (χ1n) is 6.58. The van der Waals surface area contributed by atoms with Crippen LogP contribution < -0.4 is 0 Å². The lowest BCUT2D eigenvalue weighted by atomic mass is 10.2. The Morgan fingerprint density at radius 1 is 0.950 bits per heavy atom. The van der Waals surface area contributed by atoms with Gasteiger partial charge in [-0.05, 0) is 31.2 Å². The second kappa shape index (κ2) is 6.37. The molecular formula is C16H16N2S2. The molecule has 0 amide bonds. The Labute approximate surface area is 127 Å². The summed E-state index contributed by atoms with van der Waals surface area (Å²) in [5, 5.41) is 1.01. The second-order valence-electron chi connectivity index (χ2n) is 4.57. The van der Waals surface area contributed by atoms with Gasteiger partial charge in [-0.15, -0.1) is 11.8 Å². The number of para-hydroxylation sites is 2. The summed E-state index contributed by atoms with van der Waals surface area (Å²) in [6.45, 7) is 2.12. The molecule has 0 unspecified atom stereocenters. The lowest BCUT2D eigenvalue weighted by molar-refractivity contribution is 1.08. The van der Waals surface area contributed by atoms with Crippen LogP contribution in [0.25, 0.3) is 11.0 Å². The minimum Gasteiger partial charge on any atom is -0.333 e. The highest BCUT2D eigenvalue weighted by Gasteiger charge is 2.02. The molecule has 0 bridgehead atoms. The number of thioether (sulfide) groups is 2. The maximum absolute atomic E-state index is 4.57. The third kappa shape index (κ3) is 3.38. The molecule has 0 radical (unpaired) electrons. The molecule has 0 atom stereocenters. The number of aromatic amines is 1. The number of nitrogens with zero attached hydrogens (tertiary/aromatic N) is 1. The van der Waals surface area contributed by atoms with E-state index < -0.39 is 0 Å². The van der Waals surface area contributed by atoms with Crippen LogP contribution in [-0.2, 0) is 0 Å². The number of aromatic nitrogens is 2. The molecule has 20 heavy (non-hydrogen) atoms. The third-order valence-corrected chi connectivity index (χ3v) is 5.13. The summed E-state index contributed by atoms with van der Waals surface area (Å²) in [5.41, 5.74) is 3.47. The SMILES string of the molecule is Cc1ccc(SCCSc2nc3ccccc3[nH]2)cc1. The van der Waals surface area contributed by atoms with Crippen molar-refractivity contribution < 1.29 is 0 Å². The Bertz CT molecular complexity index is 656. The summed E-state index contributed by atoms with van der Waals surface area (Å²) in [7, 11) is 0. The van der Waals surface area contributed by atoms with E-state index >= 15 is 0 Å². The zero-order valence-electron chi connectivity index (χ0n) is 11.3. The second-order valence-corrected chi connectivity index (χ2v) is 6.82. The van der Waals surface area contributed by atoms with Crippen molar-refractivity contribution in [2.45, 2.75) is 17.0 Å². The molecule has 0 fully saturated rings. The average Bonchev–Trinajstić information content (AvgIpc) is 2.88. The molecule has 0 spiro atoms. The first-order valence-corrected chi connectivity index (χ1v) is 8.55. The molecule has 0 aliphatic heterocycles. The number of imidazole rings is 1. The maximum Gasteiger partial charge on any atom is 0.166 e. The van der Waals surface area contributed by atoms with Gasteiger partial charge in [-0.25, -0.2) is 4.98 Å². The molecule has 1 heterocycles. The van der Waals surface area contributed by atoms with E-state index in [1.54, 1.807) is 11.8 Å². The van der Waals surface area contributed by atoms with Crippen molar-refractivity contribution >= 4 is 34.6 Å². The molecule has 0 aliphatic carbocycles. The van der Waals surface area contributed by atoms with Gasteiger partial charge in [-0.1, -0.05) is 41.6 Å². The predicted octanol–water partition coefficient (Wildman–Crippen LogP) is 4.76. The van der Waals surface area contributed by atoms with Crippen LogP contribution in [0.3, 0.4) is 0 Å². The standard InChI is InChI=1S/C16H16N2S2/c1-12-6-8-13(9-7-12)19-10-11-20-16-17-14-4-2-3-5-15(14)18-16/h2-9H,10-11H2,1H3,(H,17,18). The van der Waals surface area contributed by atoms with Crippen LogP contribution in [0.4, 0.5) is 0 Å². The number of hydrogen-bond acceptors (Lipinski definition) is 3. The van der Waals surface area contributed by atoms with Gasteiger partial charge in [0, 0.05) is 16.4 Å². The fourth-order valence-electron chi connectivity index (χ4n) is 1.93. The molecular weight excluding hydrogens is 284 g/mol. The van der Waals surface area contributed by atoms with Gasteiger partial charge in [0.25, 0.3) is 0 Å². The molecule has 1 aromatic heterocycles. The summed E-state index contributed by atoms with van der Waals surface area (Å²) in [6, 6.07) is 16.8. The van der Waals surface area contributed by atoms with Crippen molar-refractivity contribution in [2.24, 2.45) is 0 Å². The fourth-order valence-corrected chi connectivity index (χ4v) is 3.70. The Balaban J connectivity index is 1.51. The molecule has 102 valence electrons. The quantitative estimate of drug-likeness (QED) is 0.544. The van der Waals surface area contributed by atoms with Gasteiger partial charge in [0.15, 0.2) is 5.16 Å². The number of benzene rings is 2. The number of nitrogens with one attached hydrogen (secondary N) is 1. The highest BCUT2D eigenvalue weighted by Crippen LogP contribution is 2.23. The summed E-state index contributed by atoms with van der Waals surface area (Å²) < 4.78 is 0. The van der Waals surface area contributed by atoms with E-state index in [1.807, 2.05) is 30.0 Å².